The average molecular weight is 427 g/mol. The third-order valence-electron chi connectivity index (χ3n) is 4.92. The zero-order valence-corrected chi connectivity index (χ0v) is 15.9. The monoisotopic (exact) mass is 427 g/mol. The van der Waals surface area contributed by atoms with Crippen molar-refractivity contribution in [1.29, 1.82) is 0 Å². The molecule has 1 heterocycles. The molecule has 1 aliphatic rings. The number of halogens is 5. The highest BCUT2D eigenvalue weighted by atomic mass is 19.4. The first kappa shape index (κ1) is 21.7. The van der Waals surface area contributed by atoms with Crippen LogP contribution in [0.25, 0.3) is 4.85 Å². The van der Waals surface area contributed by atoms with Gasteiger partial charge >= 0.3 is 12.1 Å². The molecule has 1 aromatic heterocycles. The SMILES string of the molecule is [C-]#[N+][C@H](C)CCn1nc(C(F)(F)F)c2c1CCC(F)(F)[C@H]2OC(=O)c1ccccc1. The highest BCUT2D eigenvalue weighted by Crippen LogP contribution is 2.48. The van der Waals surface area contributed by atoms with Gasteiger partial charge in [-0.2, -0.15) is 18.3 Å². The lowest BCUT2D eigenvalue weighted by Gasteiger charge is -2.32. The number of rotatable bonds is 5. The van der Waals surface area contributed by atoms with Crippen LogP contribution in [0.15, 0.2) is 30.3 Å². The molecular weight excluding hydrogens is 409 g/mol. The molecular formula is C20H18F5N3O2. The molecule has 0 saturated heterocycles. The van der Waals surface area contributed by atoms with Gasteiger partial charge in [-0.05, 0) is 18.6 Å². The number of fused-ring (bicyclic) bond motifs is 1. The molecule has 1 aromatic carbocycles. The number of carbonyl (C=O) groups is 1. The maximum atomic E-state index is 14.6. The summed E-state index contributed by atoms with van der Waals surface area (Å²) >= 11 is 0. The minimum absolute atomic E-state index is 0.0348. The van der Waals surface area contributed by atoms with Gasteiger partial charge in [-0.1, -0.05) is 18.2 Å². The van der Waals surface area contributed by atoms with Gasteiger partial charge in [-0.25, -0.2) is 20.1 Å². The van der Waals surface area contributed by atoms with Crippen molar-refractivity contribution in [2.45, 2.75) is 57.0 Å². The van der Waals surface area contributed by atoms with Crippen LogP contribution in [-0.4, -0.2) is 27.7 Å². The quantitative estimate of drug-likeness (QED) is 0.380. The number of benzene rings is 1. The number of esters is 1. The van der Waals surface area contributed by atoms with Crippen LogP contribution in [0.2, 0.25) is 0 Å². The fraction of sp³-hybridized carbons (Fsp3) is 0.450. The summed E-state index contributed by atoms with van der Waals surface area (Å²) in [6.45, 7) is 8.54. The maximum absolute atomic E-state index is 14.6. The van der Waals surface area contributed by atoms with Crippen molar-refractivity contribution in [3.63, 3.8) is 0 Å². The van der Waals surface area contributed by atoms with Gasteiger partial charge in [-0.3, -0.25) is 4.68 Å². The number of carbonyl (C=O) groups excluding carboxylic acids is 1. The Morgan fingerprint density at radius 1 is 1.37 bits per heavy atom. The lowest BCUT2D eigenvalue weighted by Crippen LogP contribution is -2.36. The first-order valence-electron chi connectivity index (χ1n) is 9.21. The molecule has 0 saturated carbocycles. The molecule has 2 aromatic rings. The van der Waals surface area contributed by atoms with Crippen LogP contribution in [0.5, 0.6) is 0 Å². The molecule has 0 radical (unpaired) electrons. The number of ether oxygens (including phenoxy) is 1. The van der Waals surface area contributed by atoms with E-state index in [9.17, 15) is 26.7 Å². The number of nitrogens with zero attached hydrogens (tertiary/aromatic N) is 3. The van der Waals surface area contributed by atoms with Crippen LogP contribution in [0, 0.1) is 6.57 Å². The molecule has 0 aliphatic heterocycles. The molecule has 160 valence electrons. The summed E-state index contributed by atoms with van der Waals surface area (Å²) < 4.78 is 76.1. The van der Waals surface area contributed by atoms with E-state index in [4.69, 9.17) is 11.3 Å². The van der Waals surface area contributed by atoms with E-state index in [1.165, 1.54) is 24.3 Å². The predicted octanol–water partition coefficient (Wildman–Crippen LogP) is 5.08. The van der Waals surface area contributed by atoms with Crippen LogP contribution in [0.3, 0.4) is 0 Å². The van der Waals surface area contributed by atoms with Gasteiger partial charge in [0.1, 0.15) is 0 Å². The molecule has 30 heavy (non-hydrogen) atoms. The highest BCUT2D eigenvalue weighted by molar-refractivity contribution is 5.89. The molecule has 5 nitrogen and oxygen atoms in total. The summed E-state index contributed by atoms with van der Waals surface area (Å²) in [7, 11) is 0. The van der Waals surface area contributed by atoms with Gasteiger partial charge in [0.15, 0.2) is 11.8 Å². The summed E-state index contributed by atoms with van der Waals surface area (Å²) in [4.78, 5) is 15.6. The topological polar surface area (TPSA) is 48.5 Å². The Balaban J connectivity index is 2.04. The van der Waals surface area contributed by atoms with Crippen molar-refractivity contribution in [2.24, 2.45) is 0 Å². The molecule has 0 spiro atoms. The first-order chi connectivity index (χ1) is 14.0. The van der Waals surface area contributed by atoms with Gasteiger partial charge in [0.25, 0.3) is 5.92 Å². The second kappa shape index (κ2) is 8.05. The van der Waals surface area contributed by atoms with Crippen molar-refractivity contribution in [3.8, 4) is 0 Å². The first-order valence-corrected chi connectivity index (χ1v) is 9.21. The minimum Gasteiger partial charge on any atom is -0.447 e. The average Bonchev–Trinajstić information content (AvgIpc) is 3.07. The Bertz CT molecular complexity index is 963. The van der Waals surface area contributed by atoms with E-state index in [2.05, 4.69) is 9.94 Å². The van der Waals surface area contributed by atoms with Crippen molar-refractivity contribution < 1.29 is 31.5 Å². The summed E-state index contributed by atoms with van der Waals surface area (Å²) in [6.07, 6.45) is -8.34. The van der Waals surface area contributed by atoms with Gasteiger partial charge in [0.2, 0.25) is 6.04 Å². The Kier molecular flexibility index (Phi) is 5.83. The molecule has 0 bridgehead atoms. The normalized spacial score (nSPS) is 18.9. The fourth-order valence-electron chi connectivity index (χ4n) is 3.34. The van der Waals surface area contributed by atoms with Crippen molar-refractivity contribution in [2.75, 3.05) is 0 Å². The molecule has 3 rings (SSSR count). The number of aromatic nitrogens is 2. The van der Waals surface area contributed by atoms with E-state index in [-0.39, 0.29) is 30.6 Å². The molecule has 0 unspecified atom stereocenters. The predicted molar refractivity (Wildman–Crippen MR) is 95.8 cm³/mol. The second-order valence-corrected chi connectivity index (χ2v) is 7.11. The number of hydrogen-bond acceptors (Lipinski definition) is 3. The molecule has 2 atom stereocenters. The van der Waals surface area contributed by atoms with E-state index >= 15 is 0 Å². The number of alkyl halides is 5. The Hall–Kier alpha value is -2.96. The van der Waals surface area contributed by atoms with Crippen molar-refractivity contribution in [3.05, 3.63) is 64.3 Å². The smallest absolute Gasteiger partial charge is 0.435 e. The van der Waals surface area contributed by atoms with Crippen LogP contribution in [0.4, 0.5) is 22.0 Å². The number of hydrogen-bond donors (Lipinski definition) is 0. The molecule has 1 aliphatic carbocycles. The van der Waals surface area contributed by atoms with E-state index in [0.29, 0.717) is 0 Å². The molecule has 10 heteroatoms. The van der Waals surface area contributed by atoms with E-state index in [1.807, 2.05) is 0 Å². The largest absolute Gasteiger partial charge is 0.447 e. The zero-order valence-electron chi connectivity index (χ0n) is 15.9. The molecule has 0 fully saturated rings. The summed E-state index contributed by atoms with van der Waals surface area (Å²) in [5.41, 5.74) is -2.39. The maximum Gasteiger partial charge on any atom is 0.435 e. The highest BCUT2D eigenvalue weighted by Gasteiger charge is 2.54. The van der Waals surface area contributed by atoms with Gasteiger partial charge in [-0.15, -0.1) is 0 Å². The van der Waals surface area contributed by atoms with Crippen molar-refractivity contribution in [1.82, 2.24) is 9.78 Å². The van der Waals surface area contributed by atoms with Gasteiger partial charge < -0.3 is 9.58 Å². The van der Waals surface area contributed by atoms with Crippen molar-refractivity contribution >= 4 is 5.97 Å². The third-order valence-corrected chi connectivity index (χ3v) is 4.92. The zero-order chi connectivity index (χ0) is 22.1. The summed E-state index contributed by atoms with van der Waals surface area (Å²) in [5, 5.41) is 3.53. The Labute approximate surface area is 169 Å². The van der Waals surface area contributed by atoms with Gasteiger partial charge in [0.05, 0.1) is 11.1 Å². The molecule has 0 amide bonds. The second-order valence-electron chi connectivity index (χ2n) is 7.11. The molecule has 0 N–H and O–H groups in total. The Morgan fingerprint density at radius 2 is 2.03 bits per heavy atom. The summed E-state index contributed by atoms with van der Waals surface area (Å²) in [5.74, 6) is -4.83. The van der Waals surface area contributed by atoms with Gasteiger partial charge in [0, 0.05) is 32.0 Å². The van der Waals surface area contributed by atoms with Crippen LogP contribution >= 0.6 is 0 Å². The standard InChI is InChI=1S/C20H18F5N3O2/c1-12(26-2)9-11-28-14-8-10-19(21,22)17(15(14)16(27-28)20(23,24)25)30-18(29)13-6-4-3-5-7-13/h3-7,12,17H,8-11H2,1H3/t12-,17+/m1/s1. The van der Waals surface area contributed by atoms with Crippen LogP contribution < -0.4 is 0 Å². The van der Waals surface area contributed by atoms with E-state index in [0.717, 1.165) is 4.68 Å². The number of aryl methyl sites for hydroxylation is 1. The summed E-state index contributed by atoms with van der Waals surface area (Å²) in [6, 6.07) is 6.75. The fourth-order valence-corrected chi connectivity index (χ4v) is 3.34. The lowest BCUT2D eigenvalue weighted by atomic mass is 9.89. The van der Waals surface area contributed by atoms with E-state index < -0.39 is 47.9 Å². The lowest BCUT2D eigenvalue weighted by molar-refractivity contribution is -0.151. The van der Waals surface area contributed by atoms with Crippen LogP contribution in [-0.2, 0) is 23.9 Å². The van der Waals surface area contributed by atoms with Crippen LogP contribution in [0.1, 0.15) is 53.2 Å². The minimum atomic E-state index is -5.01. The third kappa shape index (κ3) is 4.30. The Morgan fingerprint density at radius 3 is 2.63 bits per heavy atom. The van der Waals surface area contributed by atoms with E-state index in [1.54, 1.807) is 13.0 Å².